The maximum atomic E-state index is 15.3. The summed E-state index contributed by atoms with van der Waals surface area (Å²) in [6.45, 7) is 4.34. The van der Waals surface area contributed by atoms with Crippen molar-refractivity contribution in [3.63, 3.8) is 0 Å². The van der Waals surface area contributed by atoms with Crippen molar-refractivity contribution >= 4 is 11.3 Å². The van der Waals surface area contributed by atoms with Crippen LogP contribution in [0.3, 0.4) is 0 Å². The van der Waals surface area contributed by atoms with Crippen molar-refractivity contribution in [1.29, 1.82) is 0 Å². The Morgan fingerprint density at radius 3 is 2.21 bits per heavy atom. The molecule has 43 heavy (non-hydrogen) atoms. The van der Waals surface area contributed by atoms with Gasteiger partial charge in [0.1, 0.15) is 12.4 Å². The molecule has 6 rings (SSSR count). The molecule has 0 N–H and O–H groups in total. The summed E-state index contributed by atoms with van der Waals surface area (Å²) in [5.41, 5.74) is 5.15. The first-order chi connectivity index (χ1) is 21.0. The quantitative estimate of drug-likeness (QED) is 0.171. The fourth-order valence-corrected chi connectivity index (χ4v) is 6.16. The van der Waals surface area contributed by atoms with Crippen molar-refractivity contribution in [2.45, 2.75) is 33.4 Å². The van der Waals surface area contributed by atoms with Crippen LogP contribution in [0.5, 0.6) is 5.75 Å². The first kappa shape index (κ1) is 28.2. The van der Waals surface area contributed by atoms with Crippen molar-refractivity contribution in [3.05, 3.63) is 148 Å². The van der Waals surface area contributed by atoms with Gasteiger partial charge in [-0.25, -0.2) is 9.37 Å². The largest absolute Gasteiger partial charge is 0.485 e. The normalized spacial score (nSPS) is 11.0. The first-order valence-corrected chi connectivity index (χ1v) is 14.9. The van der Waals surface area contributed by atoms with Gasteiger partial charge in [-0.05, 0) is 67.8 Å². The van der Waals surface area contributed by atoms with E-state index < -0.39 is 5.82 Å². The number of hydrogen-bond donors (Lipinski definition) is 0. The summed E-state index contributed by atoms with van der Waals surface area (Å²) >= 11 is 1.51. The van der Waals surface area contributed by atoms with Gasteiger partial charge < -0.3 is 4.74 Å². The van der Waals surface area contributed by atoms with Crippen LogP contribution in [0.2, 0.25) is 0 Å². The van der Waals surface area contributed by atoms with Gasteiger partial charge in [0.2, 0.25) is 0 Å². The standard InChI is InChI=1S/C36H30FN3O2S/c1-24-11-9-18-30(38-24)31-19-20-32(43-31)33-25(2)39-35(40(36(33)41)22-21-26-12-5-3-6-13-26)28-16-10-17-29(37)34(28)42-23-27-14-7-4-8-15-27/h3-20H,21-23H2,1-2H3. The maximum absolute atomic E-state index is 15.3. The Morgan fingerprint density at radius 1 is 0.767 bits per heavy atom. The highest BCUT2D eigenvalue weighted by Crippen LogP contribution is 2.36. The number of rotatable bonds is 9. The molecule has 0 bridgehead atoms. The van der Waals surface area contributed by atoms with Crippen LogP contribution in [0.4, 0.5) is 4.39 Å². The van der Waals surface area contributed by atoms with Gasteiger partial charge in [-0.1, -0.05) is 72.8 Å². The lowest BCUT2D eigenvalue weighted by atomic mass is 10.1. The number of hydrogen-bond acceptors (Lipinski definition) is 5. The third kappa shape index (κ3) is 6.17. The Balaban J connectivity index is 1.46. The Morgan fingerprint density at radius 2 is 1.47 bits per heavy atom. The topological polar surface area (TPSA) is 57.0 Å². The van der Waals surface area contributed by atoms with Crippen LogP contribution in [-0.2, 0) is 19.6 Å². The predicted octanol–water partition coefficient (Wildman–Crippen LogP) is 8.28. The van der Waals surface area contributed by atoms with Gasteiger partial charge in [-0.15, -0.1) is 11.3 Å². The number of aromatic nitrogens is 3. The van der Waals surface area contributed by atoms with Crippen molar-refractivity contribution in [3.8, 4) is 38.1 Å². The highest BCUT2D eigenvalue weighted by Gasteiger charge is 2.22. The summed E-state index contributed by atoms with van der Waals surface area (Å²) in [6.07, 6.45) is 0.607. The zero-order chi connectivity index (χ0) is 29.8. The third-order valence-corrected chi connectivity index (χ3v) is 8.37. The average Bonchev–Trinajstić information content (AvgIpc) is 3.50. The maximum Gasteiger partial charge on any atom is 0.262 e. The fraction of sp³-hybridized carbons (Fsp3) is 0.139. The molecule has 0 spiro atoms. The fourth-order valence-electron chi connectivity index (χ4n) is 5.09. The molecule has 0 atom stereocenters. The minimum atomic E-state index is -0.507. The number of thiophene rings is 1. The van der Waals surface area contributed by atoms with E-state index >= 15 is 4.39 Å². The summed E-state index contributed by atoms with van der Waals surface area (Å²) in [4.78, 5) is 25.7. The molecule has 3 aromatic heterocycles. The van der Waals surface area contributed by atoms with E-state index in [0.29, 0.717) is 35.6 Å². The van der Waals surface area contributed by atoms with E-state index in [9.17, 15) is 4.79 Å². The van der Waals surface area contributed by atoms with Crippen LogP contribution in [0.25, 0.3) is 32.4 Å². The van der Waals surface area contributed by atoms with Gasteiger partial charge in [0.15, 0.2) is 11.6 Å². The molecule has 7 heteroatoms. The molecule has 0 amide bonds. The zero-order valence-electron chi connectivity index (χ0n) is 24.0. The minimum absolute atomic E-state index is 0.0720. The summed E-state index contributed by atoms with van der Waals surface area (Å²) in [5.74, 6) is -0.0581. The molecular weight excluding hydrogens is 557 g/mol. The van der Waals surface area contributed by atoms with Crippen molar-refractivity contribution in [1.82, 2.24) is 14.5 Å². The second-order valence-electron chi connectivity index (χ2n) is 10.3. The van der Waals surface area contributed by atoms with E-state index in [1.165, 1.54) is 17.4 Å². The lowest BCUT2D eigenvalue weighted by Crippen LogP contribution is -2.27. The number of aryl methyl sites for hydroxylation is 3. The predicted molar refractivity (Wildman–Crippen MR) is 171 cm³/mol. The van der Waals surface area contributed by atoms with Gasteiger partial charge in [-0.2, -0.15) is 0 Å². The number of ether oxygens (including phenoxy) is 1. The van der Waals surface area contributed by atoms with Crippen molar-refractivity contribution < 1.29 is 9.13 Å². The van der Waals surface area contributed by atoms with Crippen LogP contribution in [-0.4, -0.2) is 14.5 Å². The monoisotopic (exact) mass is 587 g/mol. The molecule has 0 aliphatic carbocycles. The van der Waals surface area contributed by atoms with E-state index in [4.69, 9.17) is 9.72 Å². The number of pyridine rings is 1. The Bertz CT molecular complexity index is 1930. The molecule has 3 heterocycles. The minimum Gasteiger partial charge on any atom is -0.485 e. The Kier molecular flexibility index (Phi) is 8.24. The van der Waals surface area contributed by atoms with Crippen LogP contribution >= 0.6 is 11.3 Å². The highest BCUT2D eigenvalue weighted by atomic mass is 32.1. The second kappa shape index (κ2) is 12.5. The average molecular weight is 588 g/mol. The molecule has 0 aliphatic rings. The molecule has 3 aromatic carbocycles. The molecular formula is C36H30FN3O2S. The molecule has 0 saturated carbocycles. The molecule has 0 fully saturated rings. The molecule has 0 saturated heterocycles. The van der Waals surface area contributed by atoms with Crippen molar-refractivity contribution in [2.75, 3.05) is 0 Å². The molecule has 214 valence electrons. The lowest BCUT2D eigenvalue weighted by Gasteiger charge is -2.18. The highest BCUT2D eigenvalue weighted by molar-refractivity contribution is 7.18. The Hall–Kier alpha value is -4.88. The SMILES string of the molecule is Cc1cccc(-c2ccc(-c3c(C)nc(-c4cccc(F)c4OCc4ccccc4)n(CCc4ccccc4)c3=O)s2)n1. The summed E-state index contributed by atoms with van der Waals surface area (Å²) in [6, 6.07) is 34.2. The van der Waals surface area contributed by atoms with E-state index in [1.807, 2.05) is 105 Å². The molecule has 0 unspecified atom stereocenters. The lowest BCUT2D eigenvalue weighted by molar-refractivity contribution is 0.291. The summed E-state index contributed by atoms with van der Waals surface area (Å²) in [7, 11) is 0. The number of benzene rings is 3. The van der Waals surface area contributed by atoms with Crippen LogP contribution in [0, 0.1) is 19.7 Å². The summed E-state index contributed by atoms with van der Waals surface area (Å²) in [5, 5.41) is 0. The zero-order valence-corrected chi connectivity index (χ0v) is 24.8. The van der Waals surface area contributed by atoms with E-state index in [1.54, 1.807) is 16.7 Å². The van der Waals surface area contributed by atoms with E-state index in [-0.39, 0.29) is 17.9 Å². The van der Waals surface area contributed by atoms with E-state index in [0.717, 1.165) is 32.3 Å². The van der Waals surface area contributed by atoms with Gasteiger partial charge >= 0.3 is 0 Å². The molecule has 6 aromatic rings. The molecule has 0 aliphatic heterocycles. The van der Waals surface area contributed by atoms with Gasteiger partial charge in [0.05, 0.1) is 27.4 Å². The summed E-state index contributed by atoms with van der Waals surface area (Å²) < 4.78 is 23.0. The number of nitrogens with zero attached hydrogens (tertiary/aromatic N) is 3. The van der Waals surface area contributed by atoms with Gasteiger partial charge in [0, 0.05) is 17.1 Å². The van der Waals surface area contributed by atoms with Gasteiger partial charge in [-0.3, -0.25) is 14.3 Å². The van der Waals surface area contributed by atoms with Crippen LogP contribution < -0.4 is 10.3 Å². The molecule has 0 radical (unpaired) electrons. The van der Waals surface area contributed by atoms with Crippen LogP contribution in [0.15, 0.2) is 114 Å². The Labute approximate surface area is 253 Å². The van der Waals surface area contributed by atoms with Crippen LogP contribution in [0.1, 0.15) is 22.5 Å². The first-order valence-electron chi connectivity index (χ1n) is 14.1. The van der Waals surface area contributed by atoms with Crippen molar-refractivity contribution in [2.24, 2.45) is 0 Å². The third-order valence-electron chi connectivity index (χ3n) is 7.24. The molecule has 5 nitrogen and oxygen atoms in total. The number of halogens is 1. The van der Waals surface area contributed by atoms with Gasteiger partial charge in [0.25, 0.3) is 5.56 Å². The second-order valence-corrected chi connectivity index (χ2v) is 11.4. The number of para-hydroxylation sites is 1. The van der Waals surface area contributed by atoms with E-state index in [2.05, 4.69) is 4.98 Å². The smallest absolute Gasteiger partial charge is 0.262 e.